The Balaban J connectivity index is 1.81. The molecule has 1 saturated heterocycles. The van der Waals surface area contributed by atoms with Gasteiger partial charge in [0.2, 0.25) is 11.8 Å². The highest BCUT2D eigenvalue weighted by Crippen LogP contribution is 2.35. The summed E-state index contributed by atoms with van der Waals surface area (Å²) in [5.74, 6) is 0.0823. The van der Waals surface area contributed by atoms with Crippen molar-refractivity contribution in [2.75, 3.05) is 24.5 Å². The van der Waals surface area contributed by atoms with Crippen molar-refractivity contribution in [1.82, 2.24) is 4.90 Å². The van der Waals surface area contributed by atoms with Crippen LogP contribution in [-0.2, 0) is 16.0 Å². The van der Waals surface area contributed by atoms with Crippen molar-refractivity contribution in [1.29, 1.82) is 0 Å². The fourth-order valence-electron chi connectivity index (χ4n) is 3.00. The van der Waals surface area contributed by atoms with Gasteiger partial charge in [-0.05, 0) is 30.9 Å². The number of benzene rings is 1. The average molecular weight is 274 g/mol. The molecule has 0 unspecified atom stereocenters. The first-order chi connectivity index (χ1) is 9.66. The van der Waals surface area contributed by atoms with E-state index in [-0.39, 0.29) is 24.1 Å². The lowest BCUT2D eigenvalue weighted by molar-refractivity contribution is -0.132. The number of phenols is 1. The van der Waals surface area contributed by atoms with Gasteiger partial charge in [0, 0.05) is 19.5 Å². The number of fused-ring (bicyclic) bond motifs is 1. The highest BCUT2D eigenvalue weighted by atomic mass is 16.3. The maximum Gasteiger partial charge on any atom is 0.246 e. The Kier molecular flexibility index (Phi) is 3.34. The van der Waals surface area contributed by atoms with Gasteiger partial charge >= 0.3 is 0 Å². The number of carbonyl (C=O) groups excluding carboxylic acids is 2. The second-order valence-corrected chi connectivity index (χ2v) is 5.35. The van der Waals surface area contributed by atoms with Crippen LogP contribution in [0.4, 0.5) is 5.69 Å². The van der Waals surface area contributed by atoms with Gasteiger partial charge < -0.3 is 14.9 Å². The first kappa shape index (κ1) is 13.0. The molecule has 0 radical (unpaired) electrons. The standard InChI is InChI=1S/C15H18N2O3/c18-12-6-1-4-11-5-2-9-17(15(11)12)14(20)10-16-8-3-7-13(16)19/h1,4,6,18H,2-3,5,7-10H2. The van der Waals surface area contributed by atoms with Gasteiger partial charge in [-0.2, -0.15) is 0 Å². The lowest BCUT2D eigenvalue weighted by Gasteiger charge is -2.31. The number of nitrogens with zero attached hydrogens (tertiary/aromatic N) is 2. The zero-order valence-electron chi connectivity index (χ0n) is 11.3. The lowest BCUT2D eigenvalue weighted by atomic mass is 10.0. The van der Waals surface area contributed by atoms with Crippen LogP contribution < -0.4 is 4.90 Å². The minimum atomic E-state index is -0.109. The van der Waals surface area contributed by atoms with Crippen molar-refractivity contribution in [2.24, 2.45) is 0 Å². The molecule has 5 nitrogen and oxygen atoms in total. The molecule has 0 saturated carbocycles. The van der Waals surface area contributed by atoms with Crippen molar-refractivity contribution in [3.05, 3.63) is 23.8 Å². The number of likely N-dealkylation sites (tertiary alicyclic amines) is 1. The van der Waals surface area contributed by atoms with Crippen LogP contribution in [-0.4, -0.2) is 41.5 Å². The molecule has 1 aromatic rings. The number of hydrogen-bond donors (Lipinski definition) is 1. The zero-order chi connectivity index (χ0) is 14.1. The van der Waals surface area contributed by atoms with E-state index in [1.54, 1.807) is 21.9 Å². The summed E-state index contributed by atoms with van der Waals surface area (Å²) in [5.41, 5.74) is 1.62. The fraction of sp³-hybridized carbons (Fsp3) is 0.467. The van der Waals surface area contributed by atoms with Crippen LogP contribution in [0.5, 0.6) is 5.75 Å². The van der Waals surface area contributed by atoms with E-state index in [9.17, 15) is 14.7 Å². The third-order valence-electron chi connectivity index (χ3n) is 3.99. The van der Waals surface area contributed by atoms with E-state index in [2.05, 4.69) is 0 Å². The van der Waals surface area contributed by atoms with Crippen LogP contribution in [0.15, 0.2) is 18.2 Å². The number of phenolic OH excluding ortho intramolecular Hbond substituents is 1. The lowest BCUT2D eigenvalue weighted by Crippen LogP contribution is -2.43. The summed E-state index contributed by atoms with van der Waals surface area (Å²) in [4.78, 5) is 27.3. The van der Waals surface area contributed by atoms with Crippen LogP contribution in [0.3, 0.4) is 0 Å². The molecule has 0 aliphatic carbocycles. The minimum absolute atomic E-state index is 0.0490. The Labute approximate surface area is 117 Å². The molecule has 5 heteroatoms. The Morgan fingerprint density at radius 3 is 2.75 bits per heavy atom. The summed E-state index contributed by atoms with van der Waals surface area (Å²) in [7, 11) is 0. The van der Waals surface area contributed by atoms with E-state index >= 15 is 0 Å². The van der Waals surface area contributed by atoms with Gasteiger partial charge in [-0.3, -0.25) is 9.59 Å². The van der Waals surface area contributed by atoms with Crippen molar-refractivity contribution in [3.8, 4) is 5.75 Å². The van der Waals surface area contributed by atoms with Crippen LogP contribution in [0.1, 0.15) is 24.8 Å². The van der Waals surface area contributed by atoms with Crippen LogP contribution in [0.2, 0.25) is 0 Å². The number of amides is 2. The molecule has 1 fully saturated rings. The maximum absolute atomic E-state index is 12.4. The van der Waals surface area contributed by atoms with Crippen molar-refractivity contribution >= 4 is 17.5 Å². The summed E-state index contributed by atoms with van der Waals surface area (Å²) < 4.78 is 0. The Morgan fingerprint density at radius 2 is 2.00 bits per heavy atom. The predicted octanol–water partition coefficient (Wildman–Crippen LogP) is 1.29. The molecular formula is C15H18N2O3. The third-order valence-corrected chi connectivity index (χ3v) is 3.99. The van der Waals surface area contributed by atoms with E-state index in [0.29, 0.717) is 25.2 Å². The topological polar surface area (TPSA) is 60.9 Å². The second kappa shape index (κ2) is 5.15. The summed E-state index contributed by atoms with van der Waals surface area (Å²) in [6.45, 7) is 1.38. The molecule has 0 aromatic heterocycles. The molecule has 1 aromatic carbocycles. The molecule has 2 amide bonds. The fourth-order valence-corrected chi connectivity index (χ4v) is 3.00. The van der Waals surface area contributed by atoms with Gasteiger partial charge in [0.15, 0.2) is 0 Å². The molecule has 3 rings (SSSR count). The average Bonchev–Trinajstić information content (AvgIpc) is 2.84. The van der Waals surface area contributed by atoms with Gasteiger partial charge in [0.05, 0.1) is 5.69 Å². The number of rotatable bonds is 2. The quantitative estimate of drug-likeness (QED) is 0.884. The van der Waals surface area contributed by atoms with Crippen molar-refractivity contribution in [2.45, 2.75) is 25.7 Å². The molecule has 0 bridgehead atoms. The number of anilines is 1. The van der Waals surface area contributed by atoms with Crippen molar-refractivity contribution < 1.29 is 14.7 Å². The minimum Gasteiger partial charge on any atom is -0.506 e. The SMILES string of the molecule is O=C1CCCN1CC(=O)N1CCCc2cccc(O)c21. The van der Waals surface area contributed by atoms with Gasteiger partial charge in [-0.25, -0.2) is 0 Å². The molecule has 20 heavy (non-hydrogen) atoms. The number of aromatic hydroxyl groups is 1. The number of carbonyl (C=O) groups is 2. The summed E-state index contributed by atoms with van der Waals surface area (Å²) in [6, 6.07) is 5.34. The van der Waals surface area contributed by atoms with Gasteiger partial charge in [0.25, 0.3) is 0 Å². The summed E-state index contributed by atoms with van der Waals surface area (Å²) >= 11 is 0. The number of hydrogen-bond acceptors (Lipinski definition) is 3. The molecule has 0 atom stereocenters. The first-order valence-electron chi connectivity index (χ1n) is 7.06. The largest absolute Gasteiger partial charge is 0.506 e. The molecule has 2 aliphatic rings. The van der Waals surface area contributed by atoms with Crippen LogP contribution >= 0.6 is 0 Å². The van der Waals surface area contributed by atoms with Gasteiger partial charge in [-0.1, -0.05) is 12.1 Å². The van der Waals surface area contributed by atoms with E-state index in [0.717, 1.165) is 24.8 Å². The summed E-state index contributed by atoms with van der Waals surface area (Å²) in [5, 5.41) is 10.0. The highest BCUT2D eigenvalue weighted by molar-refractivity contribution is 5.99. The van der Waals surface area contributed by atoms with Gasteiger partial charge in [0.1, 0.15) is 12.3 Å². The molecule has 1 N–H and O–H groups in total. The maximum atomic E-state index is 12.4. The van der Waals surface area contributed by atoms with Gasteiger partial charge in [-0.15, -0.1) is 0 Å². The Hall–Kier alpha value is -2.04. The summed E-state index contributed by atoms with van der Waals surface area (Å²) in [6.07, 6.45) is 3.12. The smallest absolute Gasteiger partial charge is 0.246 e. The molecular weight excluding hydrogens is 256 g/mol. The predicted molar refractivity (Wildman–Crippen MR) is 74.6 cm³/mol. The zero-order valence-corrected chi connectivity index (χ0v) is 11.3. The van der Waals surface area contributed by atoms with E-state index < -0.39 is 0 Å². The normalized spacial score (nSPS) is 18.3. The molecule has 0 spiro atoms. The number of aryl methyl sites for hydroxylation is 1. The second-order valence-electron chi connectivity index (χ2n) is 5.35. The number of para-hydroxylation sites is 1. The van der Waals surface area contributed by atoms with Crippen LogP contribution in [0.25, 0.3) is 0 Å². The third kappa shape index (κ3) is 2.24. The Morgan fingerprint density at radius 1 is 1.20 bits per heavy atom. The molecule has 106 valence electrons. The van der Waals surface area contributed by atoms with E-state index in [1.807, 2.05) is 6.07 Å². The van der Waals surface area contributed by atoms with Crippen molar-refractivity contribution in [3.63, 3.8) is 0 Å². The monoisotopic (exact) mass is 274 g/mol. The van der Waals surface area contributed by atoms with Crippen LogP contribution in [0, 0.1) is 0 Å². The first-order valence-corrected chi connectivity index (χ1v) is 7.06. The van der Waals surface area contributed by atoms with E-state index in [1.165, 1.54) is 0 Å². The molecule has 2 heterocycles. The Bertz CT molecular complexity index is 556. The van der Waals surface area contributed by atoms with E-state index in [4.69, 9.17) is 0 Å². The molecule has 2 aliphatic heterocycles. The highest BCUT2D eigenvalue weighted by Gasteiger charge is 2.29.